The molecule has 2 aliphatic rings. The lowest BCUT2D eigenvalue weighted by Gasteiger charge is -2.31. The number of esters is 2. The van der Waals surface area contributed by atoms with Gasteiger partial charge in [0.1, 0.15) is 24.9 Å². The number of aryl methyl sites for hydroxylation is 3. The summed E-state index contributed by atoms with van der Waals surface area (Å²) in [6.45, 7) is 10.5. The van der Waals surface area contributed by atoms with E-state index in [0.29, 0.717) is 6.42 Å². The summed E-state index contributed by atoms with van der Waals surface area (Å²) in [5, 5.41) is 4.16. The molecule has 1 aromatic rings. The van der Waals surface area contributed by atoms with Crippen LogP contribution in [0.2, 0.25) is 0 Å². The van der Waals surface area contributed by atoms with E-state index in [2.05, 4.69) is 30.0 Å². The monoisotopic (exact) mass is 487 g/mol. The first-order valence-electron chi connectivity index (χ1n) is 12.3. The number of hydrogen-bond donors (Lipinski definition) is 0. The largest absolute Gasteiger partial charge is 0.463 e. The summed E-state index contributed by atoms with van der Waals surface area (Å²) in [4.78, 5) is 35.4. The normalized spacial score (nSPS) is 22.9. The Morgan fingerprint density at radius 2 is 2.06 bits per heavy atom. The van der Waals surface area contributed by atoms with Gasteiger partial charge in [-0.25, -0.2) is 0 Å². The second-order valence-electron chi connectivity index (χ2n) is 9.17. The van der Waals surface area contributed by atoms with E-state index in [4.69, 9.17) is 24.0 Å². The molecule has 4 unspecified atom stereocenters. The van der Waals surface area contributed by atoms with Gasteiger partial charge < -0.3 is 23.9 Å². The number of pyridine rings is 1. The molecular weight excluding hydrogens is 450 g/mol. The van der Waals surface area contributed by atoms with Crippen molar-refractivity contribution in [3.8, 4) is 0 Å². The van der Waals surface area contributed by atoms with Crippen LogP contribution in [-0.4, -0.2) is 67.2 Å². The highest BCUT2D eigenvalue weighted by molar-refractivity contribution is 5.67. The van der Waals surface area contributed by atoms with Crippen LogP contribution in [0.3, 0.4) is 0 Å². The Bertz CT molecular complexity index is 947. The summed E-state index contributed by atoms with van der Waals surface area (Å²) in [5.74, 6) is -0.843. The number of aromatic nitrogens is 1. The number of fused-ring (bicyclic) bond motifs is 1. The van der Waals surface area contributed by atoms with Crippen LogP contribution in [0.5, 0.6) is 0 Å². The van der Waals surface area contributed by atoms with E-state index in [1.807, 2.05) is 13.0 Å². The predicted octanol–water partition coefficient (Wildman–Crippen LogP) is 3.44. The lowest BCUT2D eigenvalue weighted by molar-refractivity contribution is -0.162. The maximum atomic E-state index is 11.3. The molecule has 9 heteroatoms. The minimum absolute atomic E-state index is 0.00393. The maximum Gasteiger partial charge on any atom is 0.303 e. The number of nitrogens with zero attached hydrogens (tertiary/aromatic N) is 3. The summed E-state index contributed by atoms with van der Waals surface area (Å²) in [6, 6.07) is 2.24. The molecule has 0 amide bonds. The van der Waals surface area contributed by atoms with Gasteiger partial charge in [-0.05, 0) is 57.7 Å². The SMILES string of the molecule is CC(=O)OCC1OC(CC=NOC(C)CN2CCCCc3nc(C)c(C)cc32)C=CC1OC(C)=O. The smallest absolute Gasteiger partial charge is 0.303 e. The van der Waals surface area contributed by atoms with E-state index >= 15 is 0 Å². The average molecular weight is 488 g/mol. The van der Waals surface area contributed by atoms with Gasteiger partial charge in [0.15, 0.2) is 0 Å². The van der Waals surface area contributed by atoms with Crippen LogP contribution in [-0.2, 0) is 35.1 Å². The fourth-order valence-corrected chi connectivity index (χ4v) is 4.22. The third-order valence-corrected chi connectivity index (χ3v) is 6.07. The number of carbonyl (C=O) groups excluding carboxylic acids is 2. The molecule has 0 aromatic carbocycles. The number of hydrogen-bond acceptors (Lipinski definition) is 9. The second-order valence-corrected chi connectivity index (χ2v) is 9.17. The molecule has 4 atom stereocenters. The summed E-state index contributed by atoms with van der Waals surface area (Å²) < 4.78 is 16.3. The predicted molar refractivity (Wildman–Crippen MR) is 133 cm³/mol. The van der Waals surface area contributed by atoms with Crippen molar-refractivity contribution < 1.29 is 28.6 Å². The summed E-state index contributed by atoms with van der Waals surface area (Å²) in [5.41, 5.74) is 4.66. The summed E-state index contributed by atoms with van der Waals surface area (Å²) in [7, 11) is 0. The minimum Gasteiger partial charge on any atom is -0.463 e. The van der Waals surface area contributed by atoms with Gasteiger partial charge >= 0.3 is 11.9 Å². The molecule has 192 valence electrons. The standard InChI is InChI=1S/C26H37N3O6/c1-17-14-24-23(28-19(17)3)8-6-7-13-29(24)15-18(2)35-27-12-11-22-9-10-25(33-21(5)31)26(34-22)16-32-20(4)30/h9-10,12,14,18,22,25-26H,6-8,11,13,15-16H2,1-5H3. The van der Waals surface area contributed by atoms with Crippen molar-refractivity contribution in [3.05, 3.63) is 35.2 Å². The number of ether oxygens (including phenoxy) is 3. The van der Waals surface area contributed by atoms with Gasteiger partial charge in [-0.1, -0.05) is 11.2 Å². The molecule has 0 bridgehead atoms. The molecule has 0 saturated carbocycles. The molecule has 0 radical (unpaired) electrons. The van der Waals surface area contributed by atoms with E-state index in [0.717, 1.165) is 43.7 Å². The number of anilines is 1. The molecular formula is C26H37N3O6. The highest BCUT2D eigenvalue weighted by Gasteiger charge is 2.30. The Kier molecular flexibility index (Phi) is 9.65. The average Bonchev–Trinajstić information content (AvgIpc) is 2.98. The molecule has 0 spiro atoms. The molecule has 35 heavy (non-hydrogen) atoms. The van der Waals surface area contributed by atoms with Crippen LogP contribution in [0.1, 0.15) is 57.0 Å². The Balaban J connectivity index is 1.52. The number of rotatable bonds is 9. The number of oxime groups is 1. The van der Waals surface area contributed by atoms with Crippen molar-refractivity contribution in [2.45, 2.75) is 84.7 Å². The van der Waals surface area contributed by atoms with Crippen molar-refractivity contribution in [2.75, 3.05) is 24.6 Å². The first kappa shape index (κ1) is 26.7. The second kappa shape index (κ2) is 12.7. The fraction of sp³-hybridized carbons (Fsp3) is 0.615. The van der Waals surface area contributed by atoms with Crippen LogP contribution in [0.25, 0.3) is 0 Å². The zero-order chi connectivity index (χ0) is 25.4. The molecule has 3 rings (SSSR count). The molecule has 9 nitrogen and oxygen atoms in total. The van der Waals surface area contributed by atoms with Gasteiger partial charge in [0, 0.05) is 38.7 Å². The highest BCUT2D eigenvalue weighted by atomic mass is 16.6. The van der Waals surface area contributed by atoms with Crippen LogP contribution < -0.4 is 4.90 Å². The molecule has 0 fully saturated rings. The quantitative estimate of drug-likeness (QED) is 0.226. The van der Waals surface area contributed by atoms with E-state index < -0.39 is 24.1 Å². The molecule has 1 aromatic heterocycles. The third kappa shape index (κ3) is 8.06. The van der Waals surface area contributed by atoms with Crippen LogP contribution in [0, 0.1) is 13.8 Å². The topological polar surface area (TPSA) is 99.6 Å². The lowest BCUT2D eigenvalue weighted by atomic mass is 10.1. The van der Waals surface area contributed by atoms with Gasteiger partial charge in [-0.15, -0.1) is 0 Å². The highest BCUT2D eigenvalue weighted by Crippen LogP contribution is 2.27. The van der Waals surface area contributed by atoms with Crippen molar-refractivity contribution in [2.24, 2.45) is 5.16 Å². The van der Waals surface area contributed by atoms with E-state index in [9.17, 15) is 9.59 Å². The van der Waals surface area contributed by atoms with Crippen molar-refractivity contribution in [3.63, 3.8) is 0 Å². The van der Waals surface area contributed by atoms with Gasteiger partial charge in [0.05, 0.1) is 24.0 Å². The molecule has 0 aliphatic carbocycles. The summed E-state index contributed by atoms with van der Waals surface area (Å²) in [6.07, 6.45) is 7.42. The van der Waals surface area contributed by atoms with Gasteiger partial charge in [-0.3, -0.25) is 14.6 Å². The molecule has 0 saturated heterocycles. The number of carbonyl (C=O) groups is 2. The first-order chi connectivity index (χ1) is 16.7. The zero-order valence-electron chi connectivity index (χ0n) is 21.4. The van der Waals surface area contributed by atoms with Crippen molar-refractivity contribution >= 4 is 23.8 Å². The van der Waals surface area contributed by atoms with Crippen molar-refractivity contribution in [1.29, 1.82) is 0 Å². The molecule has 3 heterocycles. The Morgan fingerprint density at radius 3 is 2.80 bits per heavy atom. The Morgan fingerprint density at radius 1 is 1.26 bits per heavy atom. The Hall–Kier alpha value is -2.94. The molecule has 2 aliphatic heterocycles. The Labute approximate surface area is 207 Å². The lowest BCUT2D eigenvalue weighted by Crippen LogP contribution is -2.41. The van der Waals surface area contributed by atoms with Gasteiger partial charge in [0.25, 0.3) is 0 Å². The van der Waals surface area contributed by atoms with Crippen molar-refractivity contribution in [1.82, 2.24) is 4.98 Å². The third-order valence-electron chi connectivity index (χ3n) is 6.07. The van der Waals surface area contributed by atoms with Gasteiger partial charge in [0.2, 0.25) is 0 Å². The van der Waals surface area contributed by atoms with Crippen LogP contribution >= 0.6 is 0 Å². The maximum absolute atomic E-state index is 11.3. The van der Waals surface area contributed by atoms with E-state index in [1.54, 1.807) is 12.3 Å². The molecule has 0 N–H and O–H groups in total. The van der Waals surface area contributed by atoms with Gasteiger partial charge in [-0.2, -0.15) is 0 Å². The van der Waals surface area contributed by atoms with E-state index in [-0.39, 0.29) is 18.8 Å². The minimum atomic E-state index is -0.602. The summed E-state index contributed by atoms with van der Waals surface area (Å²) >= 11 is 0. The zero-order valence-corrected chi connectivity index (χ0v) is 21.4. The fourth-order valence-electron chi connectivity index (χ4n) is 4.22. The van der Waals surface area contributed by atoms with Crippen LogP contribution in [0.4, 0.5) is 5.69 Å². The van der Waals surface area contributed by atoms with E-state index in [1.165, 1.54) is 25.1 Å². The van der Waals surface area contributed by atoms with Crippen LogP contribution in [0.15, 0.2) is 23.4 Å². The first-order valence-corrected chi connectivity index (χ1v) is 12.3.